The Morgan fingerprint density at radius 2 is 1.42 bits per heavy atom. The van der Waals surface area contributed by atoms with Gasteiger partial charge in [-0.05, 0) is 24.3 Å². The molecule has 0 unspecified atom stereocenters. The average molecular weight is 491 g/mol. The summed E-state index contributed by atoms with van der Waals surface area (Å²) in [5.74, 6) is 0.893. The van der Waals surface area contributed by atoms with Crippen molar-refractivity contribution in [2.45, 2.75) is 6.54 Å². The first-order valence-corrected chi connectivity index (χ1v) is 11.3. The van der Waals surface area contributed by atoms with E-state index in [1.807, 2.05) is 22.9 Å². The number of aromatic nitrogens is 2. The van der Waals surface area contributed by atoms with Crippen LogP contribution in [-0.2, 0) is 16.1 Å². The lowest BCUT2D eigenvalue weighted by atomic mass is 9.95. The van der Waals surface area contributed by atoms with E-state index >= 15 is 0 Å². The molecule has 0 saturated carbocycles. The molecule has 5 rings (SSSR count). The molecule has 0 radical (unpaired) electrons. The van der Waals surface area contributed by atoms with Crippen LogP contribution in [0.4, 0.5) is 0 Å². The maximum absolute atomic E-state index is 13.3. The lowest BCUT2D eigenvalue weighted by Gasteiger charge is -2.12. The number of carbonyl (C=O) groups is 2. The van der Waals surface area contributed by atoms with Crippen LogP contribution in [0, 0.1) is 0 Å². The van der Waals surface area contributed by atoms with Crippen LogP contribution in [0.2, 0.25) is 0 Å². The molecule has 0 atom stereocenters. The minimum Gasteiger partial charge on any atom is -0.493 e. The number of nitrogens with one attached hydrogen (secondary N) is 2. The van der Waals surface area contributed by atoms with Gasteiger partial charge in [-0.2, -0.15) is 0 Å². The van der Waals surface area contributed by atoms with Crippen LogP contribution in [0.5, 0.6) is 23.0 Å². The summed E-state index contributed by atoms with van der Waals surface area (Å²) in [5.41, 5.74) is 8.87. The number of benzene rings is 2. The molecule has 0 bridgehead atoms. The lowest BCUT2D eigenvalue weighted by molar-refractivity contribution is -0.122. The molecule has 36 heavy (non-hydrogen) atoms. The molecule has 1 aliphatic rings. The van der Waals surface area contributed by atoms with Gasteiger partial charge in [0, 0.05) is 36.6 Å². The number of H-pyrrole nitrogens is 1. The number of nitrogens with two attached hydrogens (primary N) is 1. The van der Waals surface area contributed by atoms with E-state index in [1.165, 1.54) is 14.2 Å². The van der Waals surface area contributed by atoms with E-state index in [4.69, 9.17) is 24.7 Å². The third-order valence-electron chi connectivity index (χ3n) is 6.41. The van der Waals surface area contributed by atoms with Crippen LogP contribution in [0.1, 0.15) is 11.1 Å². The summed E-state index contributed by atoms with van der Waals surface area (Å²) in [6.45, 7) is 0.885. The van der Waals surface area contributed by atoms with Crippen molar-refractivity contribution in [3.8, 4) is 23.0 Å². The zero-order valence-corrected chi connectivity index (χ0v) is 20.4. The number of carbonyl (C=O) groups excluding carboxylic acids is 2. The van der Waals surface area contributed by atoms with Crippen molar-refractivity contribution in [1.29, 1.82) is 0 Å². The molecule has 1 aliphatic heterocycles. The van der Waals surface area contributed by atoms with E-state index in [0.29, 0.717) is 58.0 Å². The molecule has 10 nitrogen and oxygen atoms in total. The SMILES string of the molecule is COc1ccc2[nH]cc(C3=C(c4cn(CCN)c5ccc(OC)c(OC)c45)C(=O)NC3=O)c2c1OC. The summed E-state index contributed by atoms with van der Waals surface area (Å²) in [6.07, 6.45) is 3.51. The first kappa shape index (κ1) is 23.3. The lowest BCUT2D eigenvalue weighted by Crippen LogP contribution is -2.22. The number of methoxy groups -OCH3 is 4. The fourth-order valence-electron chi connectivity index (χ4n) is 4.92. The third-order valence-corrected chi connectivity index (χ3v) is 6.41. The zero-order chi connectivity index (χ0) is 25.6. The molecule has 0 spiro atoms. The van der Waals surface area contributed by atoms with Gasteiger partial charge in [-0.3, -0.25) is 14.9 Å². The molecule has 3 heterocycles. The smallest absolute Gasteiger partial charge is 0.259 e. The maximum Gasteiger partial charge on any atom is 0.259 e. The van der Waals surface area contributed by atoms with Gasteiger partial charge in [0.25, 0.3) is 11.8 Å². The summed E-state index contributed by atoms with van der Waals surface area (Å²) in [4.78, 5) is 29.7. The Balaban J connectivity index is 1.90. The second kappa shape index (κ2) is 8.97. The maximum atomic E-state index is 13.3. The van der Waals surface area contributed by atoms with Crippen molar-refractivity contribution < 1.29 is 28.5 Å². The molecule has 0 aliphatic carbocycles. The van der Waals surface area contributed by atoms with E-state index < -0.39 is 11.8 Å². The number of rotatable bonds is 8. The Bertz CT molecular complexity index is 1560. The van der Waals surface area contributed by atoms with Gasteiger partial charge in [-0.25, -0.2) is 0 Å². The van der Waals surface area contributed by atoms with Crippen molar-refractivity contribution in [2.24, 2.45) is 5.73 Å². The summed E-state index contributed by atoms with van der Waals surface area (Å²) in [6, 6.07) is 7.28. The molecule has 4 aromatic rings. The molecule has 10 heteroatoms. The Hall–Kier alpha value is -4.44. The number of nitrogens with zero attached hydrogens (tertiary/aromatic N) is 1. The monoisotopic (exact) mass is 490 g/mol. The van der Waals surface area contributed by atoms with Crippen LogP contribution in [-0.4, -0.2) is 56.3 Å². The van der Waals surface area contributed by atoms with Crippen molar-refractivity contribution in [3.63, 3.8) is 0 Å². The minimum atomic E-state index is -0.512. The number of hydrogen-bond acceptors (Lipinski definition) is 7. The van der Waals surface area contributed by atoms with E-state index in [9.17, 15) is 9.59 Å². The van der Waals surface area contributed by atoms with Gasteiger partial charge in [0.15, 0.2) is 23.0 Å². The number of aromatic amines is 1. The number of ether oxygens (including phenoxy) is 4. The van der Waals surface area contributed by atoms with Crippen molar-refractivity contribution >= 4 is 44.8 Å². The topological polar surface area (TPSA) is 130 Å². The highest BCUT2D eigenvalue weighted by Gasteiger charge is 2.36. The summed E-state index contributed by atoms with van der Waals surface area (Å²) >= 11 is 0. The molecule has 2 aromatic carbocycles. The van der Waals surface area contributed by atoms with Gasteiger partial charge in [0.1, 0.15) is 0 Å². The Morgan fingerprint density at radius 3 is 2.03 bits per heavy atom. The largest absolute Gasteiger partial charge is 0.493 e. The predicted molar refractivity (Wildman–Crippen MR) is 135 cm³/mol. The minimum absolute atomic E-state index is 0.217. The second-order valence-corrected chi connectivity index (χ2v) is 8.18. The van der Waals surface area contributed by atoms with Crippen LogP contribution < -0.4 is 30.0 Å². The Kier molecular flexibility index (Phi) is 5.81. The average Bonchev–Trinajstić information content (AvgIpc) is 3.55. The van der Waals surface area contributed by atoms with Crippen molar-refractivity contribution in [1.82, 2.24) is 14.9 Å². The highest BCUT2D eigenvalue weighted by molar-refractivity contribution is 6.51. The molecule has 2 aromatic heterocycles. The molecule has 0 fully saturated rings. The first-order valence-electron chi connectivity index (χ1n) is 11.3. The standard InChI is InChI=1S/C26H26N4O6/c1-33-17-7-5-15-19(23(17)35-3)13(11-28-15)21-22(26(32)29-25(21)31)14-12-30(10-9-27)16-6-8-18(34-2)24(36-4)20(14)16/h5-8,11-12,28H,9-10,27H2,1-4H3,(H,29,31,32). The van der Waals surface area contributed by atoms with Crippen molar-refractivity contribution in [3.05, 3.63) is 47.8 Å². The van der Waals surface area contributed by atoms with Gasteiger partial charge in [0.05, 0.1) is 61.4 Å². The molecule has 4 N–H and O–H groups in total. The molecule has 186 valence electrons. The van der Waals surface area contributed by atoms with Gasteiger partial charge in [0.2, 0.25) is 0 Å². The number of hydrogen-bond donors (Lipinski definition) is 3. The Labute approximate surface area is 206 Å². The van der Waals surface area contributed by atoms with Gasteiger partial charge < -0.3 is 34.2 Å². The predicted octanol–water partition coefficient (Wildman–Crippen LogP) is 2.68. The number of amides is 2. The fraction of sp³-hybridized carbons (Fsp3) is 0.231. The summed E-state index contributed by atoms with van der Waals surface area (Å²) in [5, 5.41) is 3.74. The van der Waals surface area contributed by atoms with Crippen LogP contribution in [0.15, 0.2) is 36.7 Å². The van der Waals surface area contributed by atoms with Crippen LogP contribution >= 0.6 is 0 Å². The number of fused-ring (bicyclic) bond motifs is 2. The summed E-state index contributed by atoms with van der Waals surface area (Å²) in [7, 11) is 6.15. The quantitative estimate of drug-likeness (QED) is 0.324. The van der Waals surface area contributed by atoms with E-state index in [2.05, 4.69) is 10.3 Å². The molecule has 2 amide bonds. The van der Waals surface area contributed by atoms with Gasteiger partial charge >= 0.3 is 0 Å². The van der Waals surface area contributed by atoms with Gasteiger partial charge in [-0.1, -0.05) is 0 Å². The van der Waals surface area contributed by atoms with Crippen LogP contribution in [0.3, 0.4) is 0 Å². The Morgan fingerprint density at radius 1 is 0.806 bits per heavy atom. The molecular weight excluding hydrogens is 464 g/mol. The van der Waals surface area contributed by atoms with Crippen molar-refractivity contribution in [2.75, 3.05) is 35.0 Å². The molecule has 0 saturated heterocycles. The highest BCUT2D eigenvalue weighted by Crippen LogP contribution is 2.46. The van der Waals surface area contributed by atoms with Crippen LogP contribution in [0.25, 0.3) is 33.0 Å². The highest BCUT2D eigenvalue weighted by atomic mass is 16.5. The van der Waals surface area contributed by atoms with E-state index in [0.717, 1.165) is 11.0 Å². The van der Waals surface area contributed by atoms with E-state index in [1.54, 1.807) is 32.5 Å². The first-order chi connectivity index (χ1) is 17.5. The zero-order valence-electron chi connectivity index (χ0n) is 20.4. The number of imide groups is 1. The summed E-state index contributed by atoms with van der Waals surface area (Å²) < 4.78 is 24.3. The molecular formula is C26H26N4O6. The second-order valence-electron chi connectivity index (χ2n) is 8.18. The normalized spacial score (nSPS) is 13.6. The van der Waals surface area contributed by atoms with E-state index in [-0.39, 0.29) is 11.1 Å². The van der Waals surface area contributed by atoms with Gasteiger partial charge in [-0.15, -0.1) is 0 Å². The third kappa shape index (κ3) is 3.29. The fourth-order valence-corrected chi connectivity index (χ4v) is 4.92.